The zero-order valence-electron chi connectivity index (χ0n) is 28.3. The molecule has 0 saturated carbocycles. The summed E-state index contributed by atoms with van der Waals surface area (Å²) in [6.45, 7) is 10.7. The SMILES string of the molecule is CC[N+](CC)(CCCCN(Cc1ccc2ccccc2c1)C(=O)c1sc2ccc(OC)c(OC(F)F)c2c1Cl)Cc1cc(C)cc(C)c1. The number of aryl methyl sites for hydroxylation is 2. The molecular formula is C39H44ClF2N2O3S+. The lowest BCUT2D eigenvalue weighted by Gasteiger charge is -2.37. The Morgan fingerprint density at radius 2 is 1.62 bits per heavy atom. The van der Waals surface area contributed by atoms with Crippen LogP contribution in [0.3, 0.4) is 0 Å². The van der Waals surface area contributed by atoms with Crippen LogP contribution in [0.4, 0.5) is 8.78 Å². The number of unbranched alkanes of at least 4 members (excludes halogenated alkanes) is 1. The van der Waals surface area contributed by atoms with E-state index in [0.29, 0.717) is 22.7 Å². The highest BCUT2D eigenvalue weighted by atomic mass is 35.5. The first-order valence-corrected chi connectivity index (χ1v) is 17.7. The second-order valence-electron chi connectivity index (χ2n) is 12.6. The summed E-state index contributed by atoms with van der Waals surface area (Å²) in [5, 5.41) is 2.58. The fourth-order valence-electron chi connectivity index (χ4n) is 6.70. The molecule has 0 aliphatic carbocycles. The third-order valence-corrected chi connectivity index (χ3v) is 10.9. The molecule has 0 spiro atoms. The normalized spacial score (nSPS) is 11.9. The Kier molecular flexibility index (Phi) is 11.6. The fraction of sp³-hybridized carbons (Fsp3) is 0.359. The molecule has 1 aromatic heterocycles. The van der Waals surface area contributed by atoms with E-state index >= 15 is 0 Å². The highest BCUT2D eigenvalue weighted by Gasteiger charge is 2.28. The molecule has 0 unspecified atom stereocenters. The van der Waals surface area contributed by atoms with Crippen LogP contribution in [0.5, 0.6) is 11.5 Å². The number of hydrogen-bond acceptors (Lipinski definition) is 4. The number of quaternary nitrogens is 1. The Morgan fingerprint density at radius 1 is 0.917 bits per heavy atom. The van der Waals surface area contributed by atoms with Gasteiger partial charge in [0.1, 0.15) is 11.4 Å². The van der Waals surface area contributed by atoms with Crippen LogP contribution in [0.2, 0.25) is 5.02 Å². The van der Waals surface area contributed by atoms with Gasteiger partial charge in [0, 0.05) is 23.4 Å². The molecule has 0 bridgehead atoms. The van der Waals surface area contributed by atoms with E-state index in [-0.39, 0.29) is 27.8 Å². The van der Waals surface area contributed by atoms with Crippen molar-refractivity contribution in [2.75, 3.05) is 33.3 Å². The minimum Gasteiger partial charge on any atom is -0.493 e. The Labute approximate surface area is 291 Å². The minimum absolute atomic E-state index is 0.0964. The van der Waals surface area contributed by atoms with E-state index in [4.69, 9.17) is 21.1 Å². The number of ether oxygens (including phenoxy) is 2. The van der Waals surface area contributed by atoms with Gasteiger partial charge in [0.15, 0.2) is 11.5 Å². The van der Waals surface area contributed by atoms with Gasteiger partial charge in [-0.2, -0.15) is 8.78 Å². The van der Waals surface area contributed by atoms with Crippen LogP contribution in [0, 0.1) is 13.8 Å². The molecule has 5 nitrogen and oxygen atoms in total. The number of amides is 1. The van der Waals surface area contributed by atoms with Crippen LogP contribution in [0.1, 0.15) is 58.6 Å². The van der Waals surface area contributed by atoms with Gasteiger partial charge >= 0.3 is 6.61 Å². The molecule has 9 heteroatoms. The van der Waals surface area contributed by atoms with Gasteiger partial charge in [0.2, 0.25) is 0 Å². The lowest BCUT2D eigenvalue weighted by Crippen LogP contribution is -2.47. The van der Waals surface area contributed by atoms with Crippen LogP contribution >= 0.6 is 22.9 Å². The predicted molar refractivity (Wildman–Crippen MR) is 194 cm³/mol. The third-order valence-electron chi connectivity index (χ3n) is 9.26. The van der Waals surface area contributed by atoms with Gasteiger partial charge in [-0.1, -0.05) is 77.3 Å². The average molecular weight is 694 g/mol. The number of alkyl halides is 2. The van der Waals surface area contributed by atoms with Gasteiger partial charge in [0.05, 0.1) is 37.2 Å². The molecule has 254 valence electrons. The van der Waals surface area contributed by atoms with E-state index in [1.54, 1.807) is 12.1 Å². The minimum atomic E-state index is -3.07. The van der Waals surface area contributed by atoms with Gasteiger partial charge < -0.3 is 18.9 Å². The maximum atomic E-state index is 14.3. The standard InChI is InChI=1S/C39H44ClF2N2O3S/c1-6-44(7-2,25-29-21-26(3)20-27(4)22-29)19-11-10-18-43(24-28-14-15-30-12-8-9-13-31(30)23-28)38(45)37-35(40)34-33(48-37)17-16-32(46-5)36(34)47-39(41)42/h8-9,12-17,20-23,39H,6-7,10-11,18-19,24-25H2,1-5H3/q+1. The highest BCUT2D eigenvalue weighted by Crippen LogP contribution is 2.46. The molecule has 0 atom stereocenters. The number of carbonyl (C=O) groups is 1. The van der Waals surface area contributed by atoms with Crippen molar-refractivity contribution in [3.63, 3.8) is 0 Å². The Hall–Kier alpha value is -3.72. The van der Waals surface area contributed by atoms with Crippen LogP contribution in [-0.4, -0.2) is 55.2 Å². The Balaban J connectivity index is 1.41. The van der Waals surface area contributed by atoms with E-state index in [2.05, 4.69) is 76.2 Å². The lowest BCUT2D eigenvalue weighted by atomic mass is 10.1. The molecule has 48 heavy (non-hydrogen) atoms. The first-order chi connectivity index (χ1) is 23.1. The van der Waals surface area contributed by atoms with E-state index in [1.807, 2.05) is 17.0 Å². The number of carbonyl (C=O) groups excluding carboxylic acids is 1. The fourth-order valence-corrected chi connectivity index (χ4v) is 8.21. The summed E-state index contributed by atoms with van der Waals surface area (Å²) in [7, 11) is 1.38. The Morgan fingerprint density at radius 3 is 2.29 bits per heavy atom. The van der Waals surface area contributed by atoms with Crippen LogP contribution in [-0.2, 0) is 13.1 Å². The number of fused-ring (bicyclic) bond motifs is 2. The van der Waals surface area contributed by atoms with Crippen molar-refractivity contribution < 1.29 is 27.5 Å². The van der Waals surface area contributed by atoms with Crippen LogP contribution in [0.15, 0.2) is 72.8 Å². The van der Waals surface area contributed by atoms with E-state index in [0.717, 1.165) is 59.8 Å². The number of hydrogen-bond donors (Lipinski definition) is 0. The lowest BCUT2D eigenvalue weighted by molar-refractivity contribution is -0.938. The van der Waals surface area contributed by atoms with Crippen molar-refractivity contribution in [3.8, 4) is 11.5 Å². The molecule has 1 amide bonds. The van der Waals surface area contributed by atoms with Gasteiger partial charge in [-0.25, -0.2) is 0 Å². The molecule has 0 aliphatic rings. The first-order valence-electron chi connectivity index (χ1n) is 16.5. The molecule has 0 fully saturated rings. The molecule has 0 aliphatic heterocycles. The van der Waals surface area contributed by atoms with Crippen molar-refractivity contribution in [1.82, 2.24) is 4.90 Å². The number of halogens is 3. The van der Waals surface area contributed by atoms with Gasteiger partial charge in [-0.3, -0.25) is 4.79 Å². The van der Waals surface area contributed by atoms with Crippen molar-refractivity contribution in [3.05, 3.63) is 105 Å². The quantitative estimate of drug-likeness (QED) is 0.0809. The van der Waals surface area contributed by atoms with Crippen molar-refractivity contribution >= 4 is 49.7 Å². The Bertz CT molecular complexity index is 1870. The van der Waals surface area contributed by atoms with E-state index in [9.17, 15) is 13.6 Å². The van der Waals surface area contributed by atoms with Crippen molar-refractivity contribution in [2.24, 2.45) is 0 Å². The highest BCUT2D eigenvalue weighted by molar-refractivity contribution is 7.21. The average Bonchev–Trinajstić information content (AvgIpc) is 3.41. The molecule has 0 saturated heterocycles. The number of methoxy groups -OCH3 is 1. The molecule has 0 N–H and O–H groups in total. The van der Waals surface area contributed by atoms with Gasteiger partial charge in [-0.05, 0) is 75.1 Å². The van der Waals surface area contributed by atoms with Crippen LogP contribution in [0.25, 0.3) is 20.9 Å². The van der Waals surface area contributed by atoms with Crippen molar-refractivity contribution in [1.29, 1.82) is 0 Å². The number of rotatable bonds is 15. The number of nitrogens with zero attached hydrogens (tertiary/aromatic N) is 2. The molecule has 5 rings (SSSR count). The topological polar surface area (TPSA) is 38.8 Å². The number of benzene rings is 4. The molecule has 5 aromatic rings. The molecule has 4 aromatic carbocycles. The number of thiophene rings is 1. The zero-order valence-corrected chi connectivity index (χ0v) is 29.9. The van der Waals surface area contributed by atoms with E-state index < -0.39 is 6.61 Å². The summed E-state index contributed by atoms with van der Waals surface area (Å²) in [6.07, 6.45) is 1.75. The summed E-state index contributed by atoms with van der Waals surface area (Å²) < 4.78 is 38.5. The molecule has 0 radical (unpaired) electrons. The maximum Gasteiger partial charge on any atom is 0.387 e. The first kappa shape index (κ1) is 35.6. The summed E-state index contributed by atoms with van der Waals surface area (Å²) >= 11 is 8.01. The molecule has 1 heterocycles. The van der Waals surface area contributed by atoms with Gasteiger partial charge in [-0.15, -0.1) is 11.3 Å². The van der Waals surface area contributed by atoms with E-state index in [1.165, 1.54) is 35.1 Å². The third kappa shape index (κ3) is 8.11. The smallest absolute Gasteiger partial charge is 0.387 e. The maximum absolute atomic E-state index is 14.3. The largest absolute Gasteiger partial charge is 0.493 e. The summed E-state index contributed by atoms with van der Waals surface area (Å²) in [5.41, 5.74) is 4.93. The summed E-state index contributed by atoms with van der Waals surface area (Å²) in [5.74, 6) is -0.273. The second-order valence-corrected chi connectivity index (χ2v) is 14.0. The summed E-state index contributed by atoms with van der Waals surface area (Å²) in [6, 6.07) is 24.4. The predicted octanol–water partition coefficient (Wildman–Crippen LogP) is 10.4. The molecular weight excluding hydrogens is 650 g/mol. The monoisotopic (exact) mass is 693 g/mol. The van der Waals surface area contributed by atoms with Crippen LogP contribution < -0.4 is 9.47 Å². The van der Waals surface area contributed by atoms with Gasteiger partial charge in [0.25, 0.3) is 5.91 Å². The second kappa shape index (κ2) is 15.7. The van der Waals surface area contributed by atoms with Crippen molar-refractivity contribution in [2.45, 2.75) is 60.2 Å². The zero-order chi connectivity index (χ0) is 34.4. The summed E-state index contributed by atoms with van der Waals surface area (Å²) in [4.78, 5) is 16.5.